The number of azide groups is 1. The van der Waals surface area contributed by atoms with Gasteiger partial charge in [0.15, 0.2) is 0 Å². The minimum absolute atomic E-state index is 0.0566. The summed E-state index contributed by atoms with van der Waals surface area (Å²) in [4.78, 5) is 29.9. The van der Waals surface area contributed by atoms with Gasteiger partial charge < -0.3 is 14.5 Å². The lowest BCUT2D eigenvalue weighted by Crippen LogP contribution is -2.62. The van der Waals surface area contributed by atoms with Crippen LogP contribution in [-0.4, -0.2) is 59.6 Å². The van der Waals surface area contributed by atoms with E-state index in [2.05, 4.69) is 10.0 Å². The lowest BCUT2D eigenvalue weighted by Gasteiger charge is -2.44. The van der Waals surface area contributed by atoms with Crippen LogP contribution in [0.2, 0.25) is 0 Å². The molecule has 116 valence electrons. The fourth-order valence-corrected chi connectivity index (χ4v) is 2.56. The highest BCUT2D eigenvalue weighted by Crippen LogP contribution is 2.26. The second-order valence-corrected chi connectivity index (χ2v) is 6.57. The number of rotatable bonds is 3. The average Bonchev–Trinajstić information content (AvgIpc) is 2.64. The van der Waals surface area contributed by atoms with Gasteiger partial charge in [-0.3, -0.25) is 4.79 Å². The summed E-state index contributed by atoms with van der Waals surface area (Å²) in [5, 5.41) is 3.53. The molecule has 0 aromatic rings. The van der Waals surface area contributed by atoms with Gasteiger partial charge >= 0.3 is 6.09 Å². The maximum Gasteiger partial charge on any atom is 0.410 e. The first-order valence-electron chi connectivity index (χ1n) is 7.08. The van der Waals surface area contributed by atoms with Crippen molar-refractivity contribution in [1.82, 2.24) is 9.80 Å². The van der Waals surface area contributed by atoms with Gasteiger partial charge in [0.25, 0.3) is 0 Å². The normalized spacial score (nSPS) is 22.8. The van der Waals surface area contributed by atoms with Crippen LogP contribution >= 0.6 is 0 Å². The van der Waals surface area contributed by atoms with Crippen LogP contribution in [0.3, 0.4) is 0 Å². The summed E-state index contributed by atoms with van der Waals surface area (Å²) in [5.41, 5.74) is 7.81. The summed E-state index contributed by atoms with van der Waals surface area (Å²) in [6.07, 6.45) is 0.0816. The number of carbonyl (C=O) groups is 2. The summed E-state index contributed by atoms with van der Waals surface area (Å²) in [5.74, 6) is 0.158. The number of nitrogens with zero attached hydrogens (tertiary/aromatic N) is 5. The van der Waals surface area contributed by atoms with Crippen molar-refractivity contribution in [2.45, 2.75) is 38.8 Å². The molecule has 2 fully saturated rings. The van der Waals surface area contributed by atoms with Crippen LogP contribution in [0.1, 0.15) is 27.2 Å². The molecule has 0 aliphatic carbocycles. The van der Waals surface area contributed by atoms with E-state index in [1.165, 1.54) is 0 Å². The molecule has 0 radical (unpaired) electrons. The Hall–Kier alpha value is -1.95. The van der Waals surface area contributed by atoms with Gasteiger partial charge in [-0.15, -0.1) is 0 Å². The Morgan fingerprint density at radius 3 is 2.67 bits per heavy atom. The van der Waals surface area contributed by atoms with Crippen molar-refractivity contribution in [3.8, 4) is 0 Å². The first-order valence-corrected chi connectivity index (χ1v) is 7.08. The summed E-state index contributed by atoms with van der Waals surface area (Å²) < 4.78 is 5.28. The quantitative estimate of drug-likeness (QED) is 0.450. The minimum atomic E-state index is -0.508. The fraction of sp³-hybridized carbons (Fsp3) is 0.846. The van der Waals surface area contributed by atoms with Gasteiger partial charge in [-0.1, -0.05) is 5.11 Å². The van der Waals surface area contributed by atoms with E-state index in [1.807, 2.05) is 20.8 Å². The van der Waals surface area contributed by atoms with Crippen LogP contribution in [0.25, 0.3) is 10.4 Å². The van der Waals surface area contributed by atoms with E-state index in [-0.39, 0.29) is 24.0 Å². The Bertz CT molecular complexity index is 475. The molecule has 0 aromatic heterocycles. The van der Waals surface area contributed by atoms with Gasteiger partial charge in [0.1, 0.15) is 5.60 Å². The summed E-state index contributed by atoms with van der Waals surface area (Å²) in [7, 11) is 0. The summed E-state index contributed by atoms with van der Waals surface area (Å²) in [6, 6.07) is 0.0566. The summed E-state index contributed by atoms with van der Waals surface area (Å²) in [6.45, 7) is 7.45. The van der Waals surface area contributed by atoms with E-state index in [0.29, 0.717) is 32.6 Å². The van der Waals surface area contributed by atoms with Crippen molar-refractivity contribution in [2.75, 3.05) is 26.2 Å². The molecule has 0 N–H and O–H groups in total. The molecule has 2 rings (SSSR count). The van der Waals surface area contributed by atoms with E-state index in [9.17, 15) is 9.59 Å². The highest BCUT2D eigenvalue weighted by molar-refractivity contribution is 5.79. The van der Waals surface area contributed by atoms with Gasteiger partial charge in [-0.05, 0) is 32.2 Å². The molecule has 21 heavy (non-hydrogen) atoms. The second kappa shape index (κ2) is 5.81. The lowest BCUT2D eigenvalue weighted by atomic mass is 10.1. The first kappa shape index (κ1) is 15.4. The monoisotopic (exact) mass is 295 g/mol. The highest BCUT2D eigenvalue weighted by atomic mass is 16.6. The van der Waals surface area contributed by atoms with Crippen molar-refractivity contribution >= 4 is 12.0 Å². The number of carbonyl (C=O) groups excluding carboxylic acids is 2. The standard InChI is InChI=1S/C13H21N5O3/c1-13(2,3)21-12(20)17-7-10(8-17)18-6-9(4-11(18)19)5-15-16-14/h9-10H,4-8H2,1-3H3. The molecule has 8 nitrogen and oxygen atoms in total. The SMILES string of the molecule is CC(C)(C)OC(=O)N1CC(N2CC(CN=[N+]=[N-])CC2=O)C1. The zero-order valence-electron chi connectivity index (χ0n) is 12.7. The van der Waals surface area contributed by atoms with Crippen LogP contribution in [0.5, 0.6) is 0 Å². The Morgan fingerprint density at radius 2 is 2.10 bits per heavy atom. The Morgan fingerprint density at radius 1 is 1.43 bits per heavy atom. The average molecular weight is 295 g/mol. The molecular weight excluding hydrogens is 274 g/mol. The Labute approximate surface area is 123 Å². The maximum absolute atomic E-state index is 11.9. The minimum Gasteiger partial charge on any atom is -0.444 e. The van der Waals surface area contributed by atoms with Crippen LogP contribution < -0.4 is 0 Å². The lowest BCUT2D eigenvalue weighted by molar-refractivity contribution is -0.132. The third-order valence-corrected chi connectivity index (χ3v) is 3.60. The molecule has 2 heterocycles. The van der Waals surface area contributed by atoms with E-state index in [4.69, 9.17) is 10.3 Å². The number of hydrogen-bond acceptors (Lipinski definition) is 4. The fourth-order valence-electron chi connectivity index (χ4n) is 2.56. The Kier molecular flexibility index (Phi) is 4.27. The third kappa shape index (κ3) is 3.78. The van der Waals surface area contributed by atoms with Gasteiger partial charge in [0.2, 0.25) is 5.91 Å². The van der Waals surface area contributed by atoms with Crippen LogP contribution in [0.4, 0.5) is 4.79 Å². The molecule has 0 saturated carbocycles. The molecule has 0 bridgehead atoms. The zero-order chi connectivity index (χ0) is 15.6. The topological polar surface area (TPSA) is 98.6 Å². The third-order valence-electron chi connectivity index (χ3n) is 3.60. The zero-order valence-corrected chi connectivity index (χ0v) is 12.7. The van der Waals surface area contributed by atoms with Crippen LogP contribution in [0, 0.1) is 5.92 Å². The van der Waals surface area contributed by atoms with Crippen molar-refractivity contribution in [3.05, 3.63) is 10.4 Å². The predicted octanol–water partition coefficient (Wildman–Crippen LogP) is 1.76. The van der Waals surface area contributed by atoms with Gasteiger partial charge in [0.05, 0.1) is 6.04 Å². The Balaban J connectivity index is 1.80. The molecular formula is C13H21N5O3. The van der Waals surface area contributed by atoms with Crippen LogP contribution in [-0.2, 0) is 9.53 Å². The van der Waals surface area contributed by atoms with Crippen molar-refractivity contribution < 1.29 is 14.3 Å². The molecule has 1 atom stereocenters. The second-order valence-electron chi connectivity index (χ2n) is 6.57. The number of ether oxygens (including phenoxy) is 1. The predicted molar refractivity (Wildman–Crippen MR) is 75.4 cm³/mol. The largest absolute Gasteiger partial charge is 0.444 e. The number of likely N-dealkylation sites (tertiary alicyclic amines) is 2. The van der Waals surface area contributed by atoms with Gasteiger partial charge in [-0.25, -0.2) is 4.79 Å². The van der Waals surface area contributed by atoms with Crippen molar-refractivity contribution in [3.63, 3.8) is 0 Å². The first-order chi connectivity index (χ1) is 9.80. The number of hydrogen-bond donors (Lipinski definition) is 0. The molecule has 0 spiro atoms. The maximum atomic E-state index is 11.9. The molecule has 2 aliphatic rings. The highest BCUT2D eigenvalue weighted by Gasteiger charge is 2.42. The van der Waals surface area contributed by atoms with E-state index >= 15 is 0 Å². The van der Waals surface area contributed by atoms with Gasteiger partial charge in [-0.2, -0.15) is 0 Å². The van der Waals surface area contributed by atoms with E-state index < -0.39 is 5.60 Å². The molecule has 2 aliphatic heterocycles. The van der Waals surface area contributed by atoms with Crippen molar-refractivity contribution in [2.24, 2.45) is 11.0 Å². The molecule has 1 unspecified atom stereocenters. The molecule has 2 saturated heterocycles. The van der Waals surface area contributed by atoms with E-state index in [1.54, 1.807) is 9.80 Å². The number of amides is 2. The van der Waals surface area contributed by atoms with Crippen LogP contribution in [0.15, 0.2) is 5.11 Å². The molecule has 0 aromatic carbocycles. The van der Waals surface area contributed by atoms with Crippen molar-refractivity contribution in [1.29, 1.82) is 0 Å². The summed E-state index contributed by atoms with van der Waals surface area (Å²) >= 11 is 0. The molecule has 8 heteroatoms. The van der Waals surface area contributed by atoms with Gasteiger partial charge in [0, 0.05) is 37.5 Å². The molecule has 2 amide bonds. The van der Waals surface area contributed by atoms with E-state index in [0.717, 1.165) is 0 Å². The smallest absolute Gasteiger partial charge is 0.410 e.